The third kappa shape index (κ3) is 3.77. The standard InChI is InChI=1S/C11H6Cl2N4O4/c12-9-15-10(13)17-11(16-9)14-6-2-4(7(18)19)1-5(3-6)8(20)21/h1-3H,(H,18,19)(H,20,21)(H,14,15,16,17). The highest BCUT2D eigenvalue weighted by Crippen LogP contribution is 2.20. The van der Waals surface area contributed by atoms with E-state index in [-0.39, 0.29) is 33.3 Å². The number of halogens is 2. The fourth-order valence-corrected chi connectivity index (χ4v) is 1.82. The van der Waals surface area contributed by atoms with Gasteiger partial charge in [0.1, 0.15) is 0 Å². The van der Waals surface area contributed by atoms with E-state index in [0.29, 0.717) is 0 Å². The number of hydrogen-bond acceptors (Lipinski definition) is 6. The van der Waals surface area contributed by atoms with Gasteiger partial charge in [-0.25, -0.2) is 9.59 Å². The minimum Gasteiger partial charge on any atom is -0.478 e. The molecule has 1 aromatic heterocycles. The third-order valence-corrected chi connectivity index (χ3v) is 2.60. The summed E-state index contributed by atoms with van der Waals surface area (Å²) in [4.78, 5) is 33.0. The summed E-state index contributed by atoms with van der Waals surface area (Å²) >= 11 is 11.2. The molecule has 0 aliphatic carbocycles. The first-order valence-electron chi connectivity index (χ1n) is 5.31. The van der Waals surface area contributed by atoms with Crippen LogP contribution in [0.5, 0.6) is 0 Å². The monoisotopic (exact) mass is 328 g/mol. The zero-order valence-electron chi connectivity index (χ0n) is 10.0. The van der Waals surface area contributed by atoms with E-state index in [4.69, 9.17) is 33.4 Å². The van der Waals surface area contributed by atoms with Crippen LogP contribution in [0, 0.1) is 0 Å². The quantitative estimate of drug-likeness (QED) is 0.780. The van der Waals surface area contributed by atoms with Gasteiger partial charge in [-0.2, -0.15) is 15.0 Å². The molecule has 0 unspecified atom stereocenters. The minimum absolute atomic E-state index is 0.0427. The van der Waals surface area contributed by atoms with Gasteiger partial charge in [0.05, 0.1) is 11.1 Å². The lowest BCUT2D eigenvalue weighted by Crippen LogP contribution is -2.05. The molecule has 0 atom stereocenters. The number of nitrogens with one attached hydrogen (secondary N) is 1. The number of carboxylic acids is 2. The number of nitrogens with zero attached hydrogens (tertiary/aromatic N) is 3. The molecule has 0 aliphatic rings. The van der Waals surface area contributed by atoms with Gasteiger partial charge in [0, 0.05) is 5.69 Å². The Kier molecular flexibility index (Phi) is 4.20. The van der Waals surface area contributed by atoms with Crippen molar-refractivity contribution >= 4 is 46.8 Å². The van der Waals surface area contributed by atoms with Crippen LogP contribution in [-0.2, 0) is 0 Å². The lowest BCUT2D eigenvalue weighted by atomic mass is 10.1. The molecule has 2 rings (SSSR count). The van der Waals surface area contributed by atoms with Gasteiger partial charge in [0.15, 0.2) is 0 Å². The number of benzene rings is 1. The second kappa shape index (κ2) is 5.90. The van der Waals surface area contributed by atoms with Gasteiger partial charge in [0.25, 0.3) is 0 Å². The van der Waals surface area contributed by atoms with Gasteiger partial charge in [-0.3, -0.25) is 0 Å². The van der Waals surface area contributed by atoms with Crippen LogP contribution in [-0.4, -0.2) is 37.1 Å². The van der Waals surface area contributed by atoms with Crippen LogP contribution in [0.1, 0.15) is 20.7 Å². The summed E-state index contributed by atoms with van der Waals surface area (Å²) in [6.45, 7) is 0. The Hall–Kier alpha value is -2.45. The molecule has 10 heteroatoms. The van der Waals surface area contributed by atoms with Crippen LogP contribution < -0.4 is 5.32 Å². The van der Waals surface area contributed by atoms with Crippen molar-refractivity contribution in [3.05, 3.63) is 39.9 Å². The predicted octanol–water partition coefficient (Wildman–Crippen LogP) is 2.32. The number of rotatable bonds is 4. The summed E-state index contributed by atoms with van der Waals surface area (Å²) in [5, 5.41) is 20.2. The number of anilines is 2. The SMILES string of the molecule is O=C(O)c1cc(Nc2nc(Cl)nc(Cl)n2)cc(C(=O)O)c1. The van der Waals surface area contributed by atoms with Crippen LogP contribution >= 0.6 is 23.2 Å². The molecule has 0 aliphatic heterocycles. The Bertz CT molecular complexity index is 686. The maximum Gasteiger partial charge on any atom is 0.335 e. The van der Waals surface area contributed by atoms with Gasteiger partial charge < -0.3 is 15.5 Å². The Balaban J connectivity index is 2.43. The summed E-state index contributed by atoms with van der Waals surface area (Å²) in [6, 6.07) is 3.48. The van der Waals surface area contributed by atoms with Crippen molar-refractivity contribution in [3.8, 4) is 0 Å². The molecule has 0 saturated carbocycles. The van der Waals surface area contributed by atoms with Crippen LogP contribution in [0.2, 0.25) is 10.6 Å². The van der Waals surface area contributed by atoms with E-state index >= 15 is 0 Å². The van der Waals surface area contributed by atoms with Crippen LogP contribution in [0.3, 0.4) is 0 Å². The maximum atomic E-state index is 11.0. The molecule has 8 nitrogen and oxygen atoms in total. The minimum atomic E-state index is -1.27. The molecule has 1 aromatic carbocycles. The smallest absolute Gasteiger partial charge is 0.335 e. The lowest BCUT2D eigenvalue weighted by molar-refractivity contribution is 0.0696. The summed E-state index contributed by atoms with van der Waals surface area (Å²) in [5.41, 5.74) is -0.252. The largest absolute Gasteiger partial charge is 0.478 e. The molecule has 21 heavy (non-hydrogen) atoms. The van der Waals surface area contributed by atoms with E-state index in [1.165, 1.54) is 12.1 Å². The Labute approximate surface area is 127 Å². The maximum absolute atomic E-state index is 11.0. The normalized spacial score (nSPS) is 10.2. The van der Waals surface area contributed by atoms with E-state index in [0.717, 1.165) is 6.07 Å². The zero-order chi connectivity index (χ0) is 15.6. The van der Waals surface area contributed by atoms with Crippen LogP contribution in [0.25, 0.3) is 0 Å². The van der Waals surface area contributed by atoms with Gasteiger partial charge in [0.2, 0.25) is 16.5 Å². The molecule has 0 spiro atoms. The van der Waals surface area contributed by atoms with Crippen molar-refractivity contribution < 1.29 is 19.8 Å². The first kappa shape index (κ1) is 14.9. The van der Waals surface area contributed by atoms with E-state index in [9.17, 15) is 9.59 Å². The molecule has 0 amide bonds. The number of carbonyl (C=O) groups is 2. The van der Waals surface area contributed by atoms with E-state index in [1.807, 2.05) is 0 Å². The number of carboxylic acid groups (broad SMARTS) is 2. The third-order valence-electron chi connectivity index (χ3n) is 2.26. The second-order valence-corrected chi connectivity index (χ2v) is 4.41. The molecule has 0 radical (unpaired) electrons. The highest BCUT2D eigenvalue weighted by atomic mass is 35.5. The molecule has 1 heterocycles. The summed E-state index contributed by atoms with van der Waals surface area (Å²) in [6.07, 6.45) is 0. The van der Waals surface area contributed by atoms with Crippen LogP contribution in [0.4, 0.5) is 11.6 Å². The van der Waals surface area contributed by atoms with Gasteiger partial charge in [-0.1, -0.05) is 0 Å². The number of hydrogen-bond donors (Lipinski definition) is 3. The average Bonchev–Trinajstić information content (AvgIpc) is 2.36. The summed E-state index contributed by atoms with van der Waals surface area (Å²) < 4.78 is 0. The van der Waals surface area contributed by atoms with Crippen molar-refractivity contribution in [1.29, 1.82) is 0 Å². The molecule has 3 N–H and O–H groups in total. The summed E-state index contributed by atoms with van der Waals surface area (Å²) in [7, 11) is 0. The first-order chi connectivity index (χ1) is 9.85. The van der Waals surface area contributed by atoms with E-state index < -0.39 is 11.9 Å². The van der Waals surface area contributed by atoms with Crippen molar-refractivity contribution in [2.75, 3.05) is 5.32 Å². The summed E-state index contributed by atoms with van der Waals surface area (Å²) in [5.74, 6) is -2.58. The Morgan fingerprint density at radius 2 is 1.38 bits per heavy atom. The van der Waals surface area contributed by atoms with Gasteiger partial charge >= 0.3 is 11.9 Å². The van der Waals surface area contributed by atoms with Gasteiger partial charge in [-0.05, 0) is 41.4 Å². The Morgan fingerprint density at radius 1 is 0.905 bits per heavy atom. The lowest BCUT2D eigenvalue weighted by Gasteiger charge is -2.07. The highest BCUT2D eigenvalue weighted by molar-refractivity contribution is 6.31. The zero-order valence-corrected chi connectivity index (χ0v) is 11.6. The topological polar surface area (TPSA) is 125 Å². The van der Waals surface area contributed by atoms with Crippen LogP contribution in [0.15, 0.2) is 18.2 Å². The van der Waals surface area contributed by atoms with E-state index in [2.05, 4.69) is 20.3 Å². The molecule has 108 valence electrons. The van der Waals surface area contributed by atoms with Crippen molar-refractivity contribution in [2.45, 2.75) is 0 Å². The predicted molar refractivity (Wildman–Crippen MR) is 73.5 cm³/mol. The number of aromatic carboxylic acids is 2. The fourth-order valence-electron chi connectivity index (χ4n) is 1.46. The average molecular weight is 329 g/mol. The molecule has 2 aromatic rings. The van der Waals surface area contributed by atoms with Crippen molar-refractivity contribution in [3.63, 3.8) is 0 Å². The molecular weight excluding hydrogens is 323 g/mol. The highest BCUT2D eigenvalue weighted by Gasteiger charge is 2.12. The fraction of sp³-hybridized carbons (Fsp3) is 0. The second-order valence-electron chi connectivity index (χ2n) is 3.73. The van der Waals surface area contributed by atoms with Crippen molar-refractivity contribution in [1.82, 2.24) is 15.0 Å². The van der Waals surface area contributed by atoms with Gasteiger partial charge in [-0.15, -0.1) is 0 Å². The molecular formula is C11H6Cl2N4O4. The molecule has 0 bridgehead atoms. The number of aromatic nitrogens is 3. The van der Waals surface area contributed by atoms with E-state index in [1.54, 1.807) is 0 Å². The Morgan fingerprint density at radius 3 is 1.81 bits per heavy atom. The van der Waals surface area contributed by atoms with Crippen molar-refractivity contribution in [2.24, 2.45) is 0 Å². The first-order valence-corrected chi connectivity index (χ1v) is 6.06. The molecule has 0 fully saturated rings. The molecule has 0 saturated heterocycles.